The number of nitrogens with one attached hydrogen (secondary N) is 3. The molecule has 0 atom stereocenters. The molecular formula is C25H28FN5O2. The van der Waals surface area contributed by atoms with Gasteiger partial charge in [-0.15, -0.1) is 0 Å². The number of pyridine rings is 1. The average Bonchev–Trinajstić information content (AvgIpc) is 2.84. The van der Waals surface area contributed by atoms with Crippen LogP contribution in [0.2, 0.25) is 0 Å². The van der Waals surface area contributed by atoms with Gasteiger partial charge in [-0.2, -0.15) is 0 Å². The van der Waals surface area contributed by atoms with E-state index in [0.29, 0.717) is 36.2 Å². The van der Waals surface area contributed by atoms with Gasteiger partial charge in [0.2, 0.25) is 5.88 Å². The third kappa shape index (κ3) is 7.60. The fraction of sp³-hybridized carbons (Fsp3) is 0.240. The van der Waals surface area contributed by atoms with E-state index in [4.69, 9.17) is 4.74 Å². The molecule has 33 heavy (non-hydrogen) atoms. The summed E-state index contributed by atoms with van der Waals surface area (Å²) in [5.41, 5.74) is 2.64. The Balaban J connectivity index is 1.57. The molecule has 3 aromatic rings. The maximum absolute atomic E-state index is 13.1. The molecule has 1 heterocycles. The topological polar surface area (TPSA) is 87.6 Å². The molecule has 0 aliphatic carbocycles. The predicted octanol–water partition coefficient (Wildman–Crippen LogP) is 3.67. The summed E-state index contributed by atoms with van der Waals surface area (Å²) in [6.07, 6.45) is 2.41. The number of hydrogen-bond acceptors (Lipinski definition) is 4. The highest BCUT2D eigenvalue weighted by Gasteiger charge is 2.05. The van der Waals surface area contributed by atoms with Gasteiger partial charge in [0.05, 0.1) is 6.54 Å². The van der Waals surface area contributed by atoms with Crippen LogP contribution >= 0.6 is 0 Å². The van der Waals surface area contributed by atoms with Crippen LogP contribution in [-0.2, 0) is 13.0 Å². The van der Waals surface area contributed by atoms with Crippen LogP contribution in [-0.4, -0.2) is 37.0 Å². The van der Waals surface area contributed by atoms with Crippen molar-refractivity contribution in [3.63, 3.8) is 0 Å². The van der Waals surface area contributed by atoms with E-state index in [0.717, 1.165) is 24.1 Å². The minimum Gasteiger partial charge on any atom is -0.439 e. The van der Waals surface area contributed by atoms with Crippen molar-refractivity contribution in [1.82, 2.24) is 20.9 Å². The fourth-order valence-electron chi connectivity index (χ4n) is 3.08. The summed E-state index contributed by atoms with van der Waals surface area (Å²) in [7, 11) is 1.62. The lowest BCUT2D eigenvalue weighted by Crippen LogP contribution is -2.38. The maximum atomic E-state index is 13.1. The molecule has 2 aromatic carbocycles. The van der Waals surface area contributed by atoms with Crippen LogP contribution < -0.4 is 20.7 Å². The van der Waals surface area contributed by atoms with Crippen molar-refractivity contribution in [1.29, 1.82) is 0 Å². The van der Waals surface area contributed by atoms with E-state index >= 15 is 0 Å². The number of aromatic nitrogens is 1. The maximum Gasteiger partial charge on any atom is 0.251 e. The van der Waals surface area contributed by atoms with E-state index in [9.17, 15) is 9.18 Å². The Bertz CT molecular complexity index is 1090. The quantitative estimate of drug-likeness (QED) is 0.343. The van der Waals surface area contributed by atoms with Crippen molar-refractivity contribution in [2.24, 2.45) is 4.99 Å². The molecule has 0 bridgehead atoms. The zero-order valence-corrected chi connectivity index (χ0v) is 18.8. The van der Waals surface area contributed by atoms with Gasteiger partial charge in [-0.05, 0) is 66.9 Å². The Morgan fingerprint density at radius 2 is 1.88 bits per heavy atom. The van der Waals surface area contributed by atoms with E-state index in [1.165, 1.54) is 12.1 Å². The van der Waals surface area contributed by atoms with Crippen molar-refractivity contribution < 1.29 is 13.9 Å². The average molecular weight is 450 g/mol. The summed E-state index contributed by atoms with van der Waals surface area (Å²) in [5, 5.41) is 9.19. The second-order valence-corrected chi connectivity index (χ2v) is 7.21. The lowest BCUT2D eigenvalue weighted by Gasteiger charge is -2.12. The lowest BCUT2D eigenvalue weighted by atomic mass is 10.1. The zero-order valence-electron chi connectivity index (χ0n) is 18.8. The molecule has 0 saturated carbocycles. The van der Waals surface area contributed by atoms with Gasteiger partial charge in [0.25, 0.3) is 5.91 Å². The molecule has 0 unspecified atom stereocenters. The number of ether oxygens (including phenoxy) is 1. The summed E-state index contributed by atoms with van der Waals surface area (Å²) in [4.78, 5) is 20.6. The first-order valence-electron chi connectivity index (χ1n) is 10.8. The second kappa shape index (κ2) is 12.2. The molecule has 1 aromatic heterocycles. The minimum absolute atomic E-state index is 0.0974. The van der Waals surface area contributed by atoms with E-state index in [-0.39, 0.29) is 11.7 Å². The van der Waals surface area contributed by atoms with E-state index in [1.807, 2.05) is 31.2 Å². The van der Waals surface area contributed by atoms with Gasteiger partial charge in [-0.1, -0.05) is 12.1 Å². The van der Waals surface area contributed by atoms with Gasteiger partial charge < -0.3 is 20.7 Å². The third-order valence-electron chi connectivity index (χ3n) is 4.72. The SMILES string of the molecule is CCNC(=NCc1ccnc(Oc2ccc(F)cc2)c1)NCCc1cccc(C(=O)NC)c1. The first kappa shape index (κ1) is 23.7. The fourth-order valence-corrected chi connectivity index (χ4v) is 3.08. The largest absolute Gasteiger partial charge is 0.439 e. The Kier molecular flexibility index (Phi) is 8.76. The minimum atomic E-state index is -0.319. The second-order valence-electron chi connectivity index (χ2n) is 7.21. The van der Waals surface area contributed by atoms with Crippen molar-refractivity contribution >= 4 is 11.9 Å². The molecule has 3 N–H and O–H groups in total. The van der Waals surface area contributed by atoms with Crippen molar-refractivity contribution in [2.45, 2.75) is 19.9 Å². The van der Waals surface area contributed by atoms with E-state index < -0.39 is 0 Å². The molecule has 0 spiro atoms. The van der Waals surface area contributed by atoms with Gasteiger partial charge in [0.15, 0.2) is 5.96 Å². The molecule has 0 fully saturated rings. The molecule has 7 nitrogen and oxygen atoms in total. The van der Waals surface area contributed by atoms with Gasteiger partial charge in [-0.3, -0.25) is 4.79 Å². The summed E-state index contributed by atoms with van der Waals surface area (Å²) in [5.74, 6) is 1.21. The summed E-state index contributed by atoms with van der Waals surface area (Å²) in [6, 6.07) is 17.0. The predicted molar refractivity (Wildman–Crippen MR) is 127 cm³/mol. The Labute approximate surface area is 193 Å². The number of amides is 1. The number of carbonyl (C=O) groups is 1. The van der Waals surface area contributed by atoms with Gasteiger partial charge in [-0.25, -0.2) is 14.4 Å². The first-order chi connectivity index (χ1) is 16.1. The van der Waals surface area contributed by atoms with Gasteiger partial charge in [0, 0.05) is 38.0 Å². The van der Waals surface area contributed by atoms with Crippen molar-refractivity contribution in [3.8, 4) is 11.6 Å². The summed E-state index contributed by atoms with van der Waals surface area (Å²) in [6.45, 7) is 3.83. The highest BCUT2D eigenvalue weighted by Crippen LogP contribution is 2.20. The Morgan fingerprint density at radius 3 is 2.64 bits per heavy atom. The summed E-state index contributed by atoms with van der Waals surface area (Å²) >= 11 is 0. The molecule has 0 saturated heterocycles. The van der Waals surface area contributed by atoms with Crippen LogP contribution in [0.1, 0.15) is 28.4 Å². The monoisotopic (exact) mass is 449 g/mol. The number of halogens is 1. The number of rotatable bonds is 9. The molecule has 1 amide bonds. The number of hydrogen-bond donors (Lipinski definition) is 3. The number of carbonyl (C=O) groups excluding carboxylic acids is 1. The van der Waals surface area contributed by atoms with Crippen LogP contribution in [0.25, 0.3) is 0 Å². The zero-order chi connectivity index (χ0) is 23.5. The number of benzene rings is 2. The molecule has 0 radical (unpaired) electrons. The highest BCUT2D eigenvalue weighted by molar-refractivity contribution is 5.94. The standard InChI is InChI=1S/C25H28FN5O2/c1-3-28-25(30-14-11-18-5-4-6-20(15-18)24(32)27-2)31-17-19-12-13-29-23(16-19)33-22-9-7-21(26)8-10-22/h4-10,12-13,15-16H,3,11,14,17H2,1-2H3,(H,27,32)(H2,28,30,31). The number of aliphatic imine (C=N–C) groups is 1. The van der Waals surface area contributed by atoms with Gasteiger partial charge >= 0.3 is 0 Å². The van der Waals surface area contributed by atoms with E-state index in [1.54, 1.807) is 37.5 Å². The Hall–Kier alpha value is -3.94. The molecule has 3 rings (SSSR count). The van der Waals surface area contributed by atoms with Gasteiger partial charge in [0.1, 0.15) is 11.6 Å². The van der Waals surface area contributed by atoms with Crippen LogP contribution in [0.4, 0.5) is 4.39 Å². The third-order valence-corrected chi connectivity index (χ3v) is 4.72. The molecular weight excluding hydrogens is 421 g/mol. The summed E-state index contributed by atoms with van der Waals surface area (Å²) < 4.78 is 18.8. The highest BCUT2D eigenvalue weighted by atomic mass is 19.1. The number of nitrogens with zero attached hydrogens (tertiary/aromatic N) is 2. The normalized spacial score (nSPS) is 11.1. The van der Waals surface area contributed by atoms with Crippen molar-refractivity contribution in [2.75, 3.05) is 20.1 Å². The molecule has 0 aliphatic heterocycles. The molecule has 8 heteroatoms. The van der Waals surface area contributed by atoms with E-state index in [2.05, 4.69) is 25.9 Å². The Morgan fingerprint density at radius 1 is 1.06 bits per heavy atom. The van der Waals surface area contributed by atoms with Crippen molar-refractivity contribution in [3.05, 3.63) is 89.4 Å². The van der Waals surface area contributed by atoms with Crippen LogP contribution in [0.3, 0.4) is 0 Å². The molecule has 0 aliphatic rings. The van der Waals surface area contributed by atoms with Crippen LogP contribution in [0.5, 0.6) is 11.6 Å². The number of guanidine groups is 1. The smallest absolute Gasteiger partial charge is 0.251 e. The van der Waals surface area contributed by atoms with Crippen LogP contribution in [0.15, 0.2) is 71.9 Å². The molecule has 172 valence electrons. The van der Waals surface area contributed by atoms with Crippen LogP contribution in [0, 0.1) is 5.82 Å². The first-order valence-corrected chi connectivity index (χ1v) is 10.8. The lowest BCUT2D eigenvalue weighted by molar-refractivity contribution is 0.0963.